The molecule has 1 aliphatic rings. The van der Waals surface area contributed by atoms with E-state index in [1.807, 2.05) is 18.3 Å². The molecule has 1 saturated heterocycles. The number of anilines is 1. The minimum absolute atomic E-state index is 0.318. The molecule has 1 atom stereocenters. The molecule has 0 amide bonds. The summed E-state index contributed by atoms with van der Waals surface area (Å²) in [6.45, 7) is 1.96. The van der Waals surface area contributed by atoms with Gasteiger partial charge >= 0.3 is 0 Å². The highest BCUT2D eigenvalue weighted by Crippen LogP contribution is 2.23. The van der Waals surface area contributed by atoms with Gasteiger partial charge in [-0.25, -0.2) is 4.98 Å². The molecule has 1 aliphatic heterocycles. The van der Waals surface area contributed by atoms with Crippen LogP contribution in [0.3, 0.4) is 0 Å². The van der Waals surface area contributed by atoms with Gasteiger partial charge in [0, 0.05) is 32.0 Å². The Morgan fingerprint density at radius 3 is 3.25 bits per heavy atom. The van der Waals surface area contributed by atoms with Crippen molar-refractivity contribution in [1.82, 2.24) is 4.98 Å². The predicted molar refractivity (Wildman–Crippen MR) is 66.0 cm³/mol. The Hall–Kier alpha value is -0.800. The van der Waals surface area contributed by atoms with E-state index in [1.54, 1.807) is 7.11 Å². The summed E-state index contributed by atoms with van der Waals surface area (Å²) in [6, 6.07) is 3.96. The number of hydrogen-bond acceptors (Lipinski definition) is 3. The van der Waals surface area contributed by atoms with Gasteiger partial charge in [-0.1, -0.05) is 6.07 Å². The molecule has 1 aromatic rings. The molecule has 1 aromatic heterocycles. The van der Waals surface area contributed by atoms with Crippen molar-refractivity contribution in [2.24, 2.45) is 0 Å². The van der Waals surface area contributed by atoms with Crippen LogP contribution in [-0.2, 0) is 10.6 Å². The molecule has 2 heterocycles. The molecule has 16 heavy (non-hydrogen) atoms. The van der Waals surface area contributed by atoms with Crippen LogP contribution in [0.4, 0.5) is 5.82 Å². The van der Waals surface area contributed by atoms with E-state index in [2.05, 4.69) is 9.88 Å². The number of ether oxygens (including phenoxy) is 1. The Kier molecular flexibility index (Phi) is 4.02. The summed E-state index contributed by atoms with van der Waals surface area (Å²) in [5, 5.41) is 0. The second-order valence-corrected chi connectivity index (χ2v) is 4.33. The average Bonchev–Trinajstić information content (AvgIpc) is 2.38. The quantitative estimate of drug-likeness (QED) is 0.759. The lowest BCUT2D eigenvalue weighted by Gasteiger charge is -2.33. The molecule has 3 nitrogen and oxygen atoms in total. The van der Waals surface area contributed by atoms with Crippen molar-refractivity contribution in [2.45, 2.75) is 24.8 Å². The summed E-state index contributed by atoms with van der Waals surface area (Å²) in [7, 11) is 1.77. The average molecular weight is 241 g/mol. The third-order valence-electron chi connectivity index (χ3n) is 3.02. The first kappa shape index (κ1) is 11.7. The molecule has 0 aliphatic carbocycles. The van der Waals surface area contributed by atoms with Gasteiger partial charge in [-0.05, 0) is 18.9 Å². The summed E-state index contributed by atoms with van der Waals surface area (Å²) in [4.78, 5) is 6.70. The second-order valence-electron chi connectivity index (χ2n) is 4.07. The van der Waals surface area contributed by atoms with Gasteiger partial charge in [-0.2, -0.15) is 0 Å². The molecule has 0 aromatic carbocycles. The summed E-state index contributed by atoms with van der Waals surface area (Å²) >= 11 is 5.92. The number of nitrogens with zero attached hydrogens (tertiary/aromatic N) is 2. The van der Waals surface area contributed by atoms with Gasteiger partial charge in [0.2, 0.25) is 0 Å². The van der Waals surface area contributed by atoms with E-state index in [4.69, 9.17) is 16.3 Å². The molecule has 1 fully saturated rings. The molecule has 4 heteroatoms. The van der Waals surface area contributed by atoms with Gasteiger partial charge in [0.1, 0.15) is 5.82 Å². The fraction of sp³-hybridized carbons (Fsp3) is 0.583. The number of aromatic nitrogens is 1. The molecule has 0 N–H and O–H groups in total. The van der Waals surface area contributed by atoms with E-state index in [-0.39, 0.29) is 0 Å². The lowest BCUT2D eigenvalue weighted by Crippen LogP contribution is -2.40. The van der Waals surface area contributed by atoms with Gasteiger partial charge < -0.3 is 9.64 Å². The number of halogens is 1. The van der Waals surface area contributed by atoms with Crippen LogP contribution in [0.5, 0.6) is 0 Å². The number of alkyl halides is 1. The van der Waals surface area contributed by atoms with Gasteiger partial charge in [-0.15, -0.1) is 11.6 Å². The minimum Gasteiger partial charge on any atom is -0.380 e. The van der Waals surface area contributed by atoms with Gasteiger partial charge in [0.05, 0.1) is 12.0 Å². The lowest BCUT2D eigenvalue weighted by molar-refractivity contribution is 0.0891. The molecule has 2 rings (SSSR count). The molecule has 0 radical (unpaired) electrons. The largest absolute Gasteiger partial charge is 0.380 e. The standard InChI is InChI=1S/C12H17ClN2O/c1-16-11-5-3-7-15(9-11)12-10(8-13)4-2-6-14-12/h2,4,6,11H,3,5,7-9H2,1H3. The Morgan fingerprint density at radius 2 is 2.50 bits per heavy atom. The zero-order chi connectivity index (χ0) is 11.4. The number of piperidine rings is 1. The number of rotatable bonds is 3. The van der Waals surface area contributed by atoms with Crippen molar-refractivity contribution in [2.75, 3.05) is 25.1 Å². The molecular formula is C12H17ClN2O. The molecule has 88 valence electrons. The zero-order valence-corrected chi connectivity index (χ0v) is 10.3. The predicted octanol–water partition coefficient (Wildman–Crippen LogP) is 2.44. The van der Waals surface area contributed by atoms with E-state index >= 15 is 0 Å². The maximum Gasteiger partial charge on any atom is 0.133 e. The van der Waals surface area contributed by atoms with Gasteiger partial charge in [-0.3, -0.25) is 0 Å². The SMILES string of the molecule is COC1CCCN(c2ncccc2CCl)C1. The van der Waals surface area contributed by atoms with Crippen molar-refractivity contribution in [1.29, 1.82) is 0 Å². The van der Waals surface area contributed by atoms with E-state index < -0.39 is 0 Å². The Labute approximate surface area is 101 Å². The van der Waals surface area contributed by atoms with Crippen molar-refractivity contribution < 1.29 is 4.74 Å². The topological polar surface area (TPSA) is 25.4 Å². The van der Waals surface area contributed by atoms with Gasteiger partial charge in [0.25, 0.3) is 0 Å². The van der Waals surface area contributed by atoms with Crippen LogP contribution in [0.15, 0.2) is 18.3 Å². The Morgan fingerprint density at radius 1 is 1.62 bits per heavy atom. The van der Waals surface area contributed by atoms with Crippen LogP contribution in [0.1, 0.15) is 18.4 Å². The van der Waals surface area contributed by atoms with E-state index in [9.17, 15) is 0 Å². The highest BCUT2D eigenvalue weighted by Gasteiger charge is 2.21. The summed E-state index contributed by atoms with van der Waals surface area (Å²) < 4.78 is 5.41. The maximum absolute atomic E-state index is 5.92. The fourth-order valence-corrected chi connectivity index (χ4v) is 2.35. The van der Waals surface area contributed by atoms with Crippen LogP contribution < -0.4 is 4.90 Å². The lowest BCUT2D eigenvalue weighted by atomic mass is 10.1. The fourth-order valence-electron chi connectivity index (χ4n) is 2.14. The van der Waals surface area contributed by atoms with Crippen LogP contribution in [0, 0.1) is 0 Å². The summed E-state index contributed by atoms with van der Waals surface area (Å²) in [5.74, 6) is 1.52. The molecule has 0 saturated carbocycles. The van der Waals surface area contributed by atoms with E-state index in [0.717, 1.165) is 37.3 Å². The van der Waals surface area contributed by atoms with Crippen molar-refractivity contribution in [3.63, 3.8) is 0 Å². The van der Waals surface area contributed by atoms with Crippen LogP contribution in [0.2, 0.25) is 0 Å². The molecule has 0 spiro atoms. The Balaban J connectivity index is 2.16. The van der Waals surface area contributed by atoms with Crippen molar-refractivity contribution in [3.05, 3.63) is 23.9 Å². The van der Waals surface area contributed by atoms with E-state index in [1.165, 1.54) is 0 Å². The van der Waals surface area contributed by atoms with Crippen LogP contribution in [0.25, 0.3) is 0 Å². The highest BCUT2D eigenvalue weighted by molar-refractivity contribution is 6.17. The summed E-state index contributed by atoms with van der Waals surface area (Å²) in [5.41, 5.74) is 1.10. The first-order valence-electron chi connectivity index (χ1n) is 5.62. The number of pyridine rings is 1. The minimum atomic E-state index is 0.318. The summed E-state index contributed by atoms with van der Waals surface area (Å²) in [6.07, 6.45) is 4.42. The van der Waals surface area contributed by atoms with Crippen molar-refractivity contribution in [3.8, 4) is 0 Å². The van der Waals surface area contributed by atoms with Crippen LogP contribution >= 0.6 is 11.6 Å². The maximum atomic E-state index is 5.92. The van der Waals surface area contributed by atoms with E-state index in [0.29, 0.717) is 12.0 Å². The Bertz CT molecular complexity index is 346. The number of methoxy groups -OCH3 is 1. The zero-order valence-electron chi connectivity index (χ0n) is 9.53. The normalized spacial score (nSPS) is 21.1. The number of hydrogen-bond donors (Lipinski definition) is 0. The van der Waals surface area contributed by atoms with Crippen molar-refractivity contribution >= 4 is 17.4 Å². The highest BCUT2D eigenvalue weighted by atomic mass is 35.5. The third-order valence-corrected chi connectivity index (χ3v) is 3.31. The molecular weight excluding hydrogens is 224 g/mol. The second kappa shape index (κ2) is 5.51. The smallest absolute Gasteiger partial charge is 0.133 e. The first-order valence-corrected chi connectivity index (χ1v) is 6.16. The molecule has 0 bridgehead atoms. The van der Waals surface area contributed by atoms with Gasteiger partial charge in [0.15, 0.2) is 0 Å². The first-order chi connectivity index (χ1) is 7.85. The third kappa shape index (κ3) is 2.47. The molecule has 1 unspecified atom stereocenters. The monoisotopic (exact) mass is 240 g/mol. The van der Waals surface area contributed by atoms with Crippen LogP contribution in [-0.4, -0.2) is 31.3 Å².